The summed E-state index contributed by atoms with van der Waals surface area (Å²) in [7, 11) is 0. The quantitative estimate of drug-likeness (QED) is 0.528. The van der Waals surface area contributed by atoms with Crippen molar-refractivity contribution in [1.29, 1.82) is 0 Å². The second-order valence-corrected chi connectivity index (χ2v) is 7.38. The van der Waals surface area contributed by atoms with Crippen LogP contribution in [-0.2, 0) is 4.74 Å². The number of aromatic nitrogens is 4. The number of thioether (sulfide) groups is 1. The van der Waals surface area contributed by atoms with Crippen LogP contribution >= 0.6 is 11.8 Å². The normalized spacial score (nSPS) is 27.2. The molecule has 9 nitrogen and oxygen atoms in total. The van der Waals surface area contributed by atoms with Gasteiger partial charge in [-0.3, -0.25) is 4.57 Å². The minimum atomic E-state index is -1.18. The summed E-state index contributed by atoms with van der Waals surface area (Å²) in [5.41, 5.74) is 1.04. The number of aliphatic hydroxyl groups excluding tert-OH is 3. The van der Waals surface area contributed by atoms with Gasteiger partial charge in [0.1, 0.15) is 24.6 Å². The Bertz CT molecular complexity index is 697. The number of anilines is 1. The van der Waals surface area contributed by atoms with E-state index in [9.17, 15) is 15.3 Å². The Balaban J connectivity index is 1.86. The standard InChI is InChI=1S/C14H21N5O4S/c1-7(2)24-6-18-12-9-13(16-4-15-12)19(5-17-9)14-11(22)10(21)8(3-20)23-14/h4-5,7-8,10-11,14,20-22H,3,6H2,1-2H3,(H,15,16,18)/t8-,10-,11-,14-/m1/s1. The zero-order valence-corrected chi connectivity index (χ0v) is 14.2. The fraction of sp³-hybridized carbons (Fsp3) is 0.643. The van der Waals surface area contributed by atoms with Crippen LogP contribution in [0, 0.1) is 0 Å². The van der Waals surface area contributed by atoms with Crippen molar-refractivity contribution in [1.82, 2.24) is 19.5 Å². The molecule has 1 aliphatic rings. The molecule has 132 valence electrons. The molecule has 0 bridgehead atoms. The number of fused-ring (bicyclic) bond motifs is 1. The van der Waals surface area contributed by atoms with Crippen molar-refractivity contribution in [3.05, 3.63) is 12.7 Å². The number of nitrogens with one attached hydrogen (secondary N) is 1. The van der Waals surface area contributed by atoms with E-state index in [1.54, 1.807) is 16.3 Å². The third kappa shape index (κ3) is 3.20. The molecule has 4 N–H and O–H groups in total. The van der Waals surface area contributed by atoms with Gasteiger partial charge in [-0.2, -0.15) is 0 Å². The second-order valence-electron chi connectivity index (χ2n) is 5.81. The molecule has 10 heteroatoms. The number of aliphatic hydroxyl groups is 3. The van der Waals surface area contributed by atoms with Gasteiger partial charge < -0.3 is 25.4 Å². The van der Waals surface area contributed by atoms with Crippen molar-refractivity contribution >= 4 is 28.7 Å². The van der Waals surface area contributed by atoms with Crippen molar-refractivity contribution in [3.63, 3.8) is 0 Å². The van der Waals surface area contributed by atoms with Gasteiger partial charge >= 0.3 is 0 Å². The average Bonchev–Trinajstić information content (AvgIpc) is 3.10. The Morgan fingerprint density at radius 2 is 2.08 bits per heavy atom. The van der Waals surface area contributed by atoms with Gasteiger partial charge in [0.2, 0.25) is 0 Å². The van der Waals surface area contributed by atoms with Crippen molar-refractivity contribution in [2.24, 2.45) is 0 Å². The molecule has 0 unspecified atom stereocenters. The fourth-order valence-electron chi connectivity index (χ4n) is 2.55. The summed E-state index contributed by atoms with van der Waals surface area (Å²) < 4.78 is 7.07. The van der Waals surface area contributed by atoms with Crippen molar-refractivity contribution < 1.29 is 20.1 Å². The van der Waals surface area contributed by atoms with Gasteiger partial charge in [-0.15, -0.1) is 11.8 Å². The average molecular weight is 355 g/mol. The molecular formula is C14H21N5O4S. The molecule has 0 aliphatic carbocycles. The predicted octanol–water partition coefficient (Wildman–Crippen LogP) is -0.0512. The molecule has 0 saturated carbocycles. The Labute approximate surface area is 143 Å². The lowest BCUT2D eigenvalue weighted by molar-refractivity contribution is -0.0511. The first-order valence-corrected chi connectivity index (χ1v) is 8.73. The van der Waals surface area contributed by atoms with Crippen molar-refractivity contribution in [2.75, 3.05) is 17.8 Å². The summed E-state index contributed by atoms with van der Waals surface area (Å²) in [6.45, 7) is 3.84. The highest BCUT2D eigenvalue weighted by Gasteiger charge is 2.44. The smallest absolute Gasteiger partial charge is 0.167 e. The molecule has 3 heterocycles. The van der Waals surface area contributed by atoms with E-state index in [0.29, 0.717) is 28.1 Å². The van der Waals surface area contributed by atoms with E-state index in [0.717, 1.165) is 0 Å². The van der Waals surface area contributed by atoms with Gasteiger partial charge in [-0.1, -0.05) is 13.8 Å². The highest BCUT2D eigenvalue weighted by Crippen LogP contribution is 2.32. The lowest BCUT2D eigenvalue weighted by Gasteiger charge is -2.16. The number of nitrogens with zero attached hydrogens (tertiary/aromatic N) is 4. The van der Waals surface area contributed by atoms with Gasteiger partial charge in [-0.25, -0.2) is 15.0 Å². The molecule has 1 aliphatic heterocycles. The van der Waals surface area contributed by atoms with Crippen molar-refractivity contribution in [3.8, 4) is 0 Å². The third-order valence-electron chi connectivity index (χ3n) is 3.81. The molecule has 4 atom stereocenters. The van der Waals surface area contributed by atoms with Crippen LogP contribution in [0.1, 0.15) is 20.1 Å². The van der Waals surface area contributed by atoms with Crippen LogP contribution in [0.2, 0.25) is 0 Å². The van der Waals surface area contributed by atoms with E-state index < -0.39 is 24.5 Å². The lowest BCUT2D eigenvalue weighted by atomic mass is 10.1. The van der Waals surface area contributed by atoms with Gasteiger partial charge in [0.25, 0.3) is 0 Å². The van der Waals surface area contributed by atoms with E-state index in [4.69, 9.17) is 4.74 Å². The molecule has 2 aromatic rings. The summed E-state index contributed by atoms with van der Waals surface area (Å²) in [6.07, 6.45) is -1.16. The van der Waals surface area contributed by atoms with Crippen LogP contribution < -0.4 is 5.32 Å². The fourth-order valence-corrected chi connectivity index (χ4v) is 3.11. The van der Waals surface area contributed by atoms with Crippen molar-refractivity contribution in [2.45, 2.75) is 43.6 Å². The van der Waals surface area contributed by atoms with Crippen LogP contribution in [0.15, 0.2) is 12.7 Å². The molecule has 2 aromatic heterocycles. The number of hydrogen-bond acceptors (Lipinski definition) is 9. The maximum absolute atomic E-state index is 10.2. The van der Waals surface area contributed by atoms with Gasteiger partial charge in [-0.05, 0) is 0 Å². The van der Waals surface area contributed by atoms with E-state index in [2.05, 4.69) is 34.1 Å². The van der Waals surface area contributed by atoms with Crippen LogP contribution in [0.4, 0.5) is 5.82 Å². The van der Waals surface area contributed by atoms with Gasteiger partial charge in [0.05, 0.1) is 18.8 Å². The number of imidazole rings is 1. The highest BCUT2D eigenvalue weighted by atomic mass is 32.2. The zero-order chi connectivity index (χ0) is 17.3. The Kier molecular flexibility index (Phi) is 5.21. The lowest BCUT2D eigenvalue weighted by Crippen LogP contribution is -2.33. The summed E-state index contributed by atoms with van der Waals surface area (Å²) in [4.78, 5) is 12.7. The van der Waals surface area contributed by atoms with E-state index >= 15 is 0 Å². The van der Waals surface area contributed by atoms with Gasteiger partial charge in [0.15, 0.2) is 23.2 Å². The highest BCUT2D eigenvalue weighted by molar-refractivity contribution is 7.99. The molecule has 0 radical (unpaired) electrons. The molecule has 0 aromatic carbocycles. The first-order valence-electron chi connectivity index (χ1n) is 7.68. The monoisotopic (exact) mass is 355 g/mol. The first-order chi connectivity index (χ1) is 11.5. The maximum Gasteiger partial charge on any atom is 0.167 e. The number of ether oxygens (including phenoxy) is 1. The van der Waals surface area contributed by atoms with E-state index in [1.807, 2.05) is 0 Å². The molecule has 1 saturated heterocycles. The van der Waals surface area contributed by atoms with E-state index in [-0.39, 0.29) is 6.61 Å². The Morgan fingerprint density at radius 3 is 2.75 bits per heavy atom. The molecule has 0 spiro atoms. The molecular weight excluding hydrogens is 334 g/mol. The SMILES string of the molecule is CC(C)SCNc1ncnc2c1ncn2[C@@H]1O[C@H](CO)[C@@H](O)[C@H]1O. The summed E-state index contributed by atoms with van der Waals surface area (Å²) >= 11 is 1.74. The van der Waals surface area contributed by atoms with Crippen LogP contribution in [0.3, 0.4) is 0 Å². The largest absolute Gasteiger partial charge is 0.394 e. The Morgan fingerprint density at radius 1 is 1.29 bits per heavy atom. The minimum Gasteiger partial charge on any atom is -0.394 e. The predicted molar refractivity (Wildman–Crippen MR) is 89.5 cm³/mol. The van der Waals surface area contributed by atoms with E-state index in [1.165, 1.54) is 12.7 Å². The third-order valence-corrected chi connectivity index (χ3v) is 4.78. The van der Waals surface area contributed by atoms with Gasteiger partial charge in [0, 0.05) is 5.25 Å². The van der Waals surface area contributed by atoms with Crippen LogP contribution in [0.25, 0.3) is 11.2 Å². The zero-order valence-electron chi connectivity index (χ0n) is 13.4. The minimum absolute atomic E-state index is 0.379. The summed E-state index contributed by atoms with van der Waals surface area (Å²) in [6, 6.07) is 0. The van der Waals surface area contributed by atoms with Crippen LogP contribution in [0.5, 0.6) is 0 Å². The molecule has 3 rings (SSSR count). The topological polar surface area (TPSA) is 126 Å². The van der Waals surface area contributed by atoms with Crippen LogP contribution in [-0.4, -0.2) is 70.9 Å². The summed E-state index contributed by atoms with van der Waals surface area (Å²) in [5.74, 6) is 1.28. The Hall–Kier alpha value is -1.46. The first kappa shape index (κ1) is 17.4. The number of rotatable bonds is 6. The second kappa shape index (κ2) is 7.19. The maximum atomic E-state index is 10.2. The molecule has 0 amide bonds. The molecule has 24 heavy (non-hydrogen) atoms. The molecule has 1 fully saturated rings. The number of hydrogen-bond donors (Lipinski definition) is 4. The summed E-state index contributed by atoms with van der Waals surface area (Å²) in [5, 5.41) is 33.0.